The molecule has 1 amide bonds. The molecule has 0 atom stereocenters. The molecule has 0 bridgehead atoms. The smallest absolute Gasteiger partial charge is 0.341 e. The van der Waals surface area contributed by atoms with Crippen LogP contribution in [0.1, 0.15) is 12.8 Å². The van der Waals surface area contributed by atoms with Crippen LogP contribution in [0.2, 0.25) is 0 Å². The molecule has 3 nitrogen and oxygen atoms in total. The lowest BCUT2D eigenvalue weighted by molar-refractivity contribution is -0.161. The number of rotatable bonds is 3. The van der Waals surface area contributed by atoms with Crippen LogP contribution in [0, 0.1) is 0 Å². The summed E-state index contributed by atoms with van der Waals surface area (Å²) in [7, 11) is 0. The largest absolute Gasteiger partial charge is 0.397 e. The van der Waals surface area contributed by atoms with E-state index >= 15 is 0 Å². The maximum Gasteiger partial charge on any atom is 0.397 e. The first-order valence-corrected chi connectivity index (χ1v) is 6.67. The highest BCUT2D eigenvalue weighted by Gasteiger charge is 2.33. The van der Waals surface area contributed by atoms with Gasteiger partial charge in [-0.25, -0.2) is 0 Å². The van der Waals surface area contributed by atoms with E-state index in [0.29, 0.717) is 19.6 Å². The van der Waals surface area contributed by atoms with Gasteiger partial charge in [-0.3, -0.25) is 4.79 Å². The van der Waals surface area contributed by atoms with Crippen molar-refractivity contribution in [1.29, 1.82) is 0 Å². The summed E-state index contributed by atoms with van der Waals surface area (Å²) in [5.41, 5.74) is 0. The molecule has 0 aromatic carbocycles. The van der Waals surface area contributed by atoms with Crippen molar-refractivity contribution in [2.75, 3.05) is 38.1 Å². The summed E-state index contributed by atoms with van der Waals surface area (Å²) in [6.45, 7) is 3.16. The summed E-state index contributed by atoms with van der Waals surface area (Å²) < 4.78 is 36.3. The third kappa shape index (κ3) is 5.72. The minimum atomic E-state index is -4.40. The topological polar surface area (TPSA) is 23.6 Å². The van der Waals surface area contributed by atoms with Crippen molar-refractivity contribution in [1.82, 2.24) is 9.80 Å². The standard InChI is InChI=1S/C10H16BrF3N2O/c11-2-5-15-3-1-4-16(7-6-15)9(17)8-10(12,13)14/h1-8H2. The fraction of sp³-hybridized carbons (Fsp3) is 0.900. The van der Waals surface area contributed by atoms with E-state index in [1.54, 1.807) is 0 Å². The van der Waals surface area contributed by atoms with Crippen LogP contribution >= 0.6 is 15.9 Å². The third-order valence-electron chi connectivity index (χ3n) is 2.69. The summed E-state index contributed by atoms with van der Waals surface area (Å²) in [6.07, 6.45) is -5.01. The first kappa shape index (κ1) is 14.8. The highest BCUT2D eigenvalue weighted by Crippen LogP contribution is 2.21. The molecule has 1 aliphatic rings. The highest BCUT2D eigenvalue weighted by molar-refractivity contribution is 9.09. The number of halogens is 4. The Labute approximate surface area is 107 Å². The molecular weight excluding hydrogens is 301 g/mol. The molecule has 0 aromatic heterocycles. The Morgan fingerprint density at radius 3 is 2.47 bits per heavy atom. The zero-order valence-electron chi connectivity index (χ0n) is 9.47. The normalized spacial score (nSPS) is 19.2. The summed E-state index contributed by atoms with van der Waals surface area (Å²) >= 11 is 3.32. The molecule has 0 spiro atoms. The molecule has 0 aromatic rings. The van der Waals surface area contributed by atoms with Crippen LogP contribution in [-0.2, 0) is 4.79 Å². The Morgan fingerprint density at radius 1 is 1.18 bits per heavy atom. The lowest BCUT2D eigenvalue weighted by Gasteiger charge is -2.22. The maximum absolute atomic E-state index is 12.1. The van der Waals surface area contributed by atoms with Gasteiger partial charge in [0.1, 0.15) is 6.42 Å². The lowest BCUT2D eigenvalue weighted by Crippen LogP contribution is -2.37. The highest BCUT2D eigenvalue weighted by atomic mass is 79.9. The van der Waals surface area contributed by atoms with Crippen LogP contribution in [0.25, 0.3) is 0 Å². The predicted molar refractivity (Wildman–Crippen MR) is 62.1 cm³/mol. The van der Waals surface area contributed by atoms with Gasteiger partial charge < -0.3 is 9.80 Å². The number of carbonyl (C=O) groups excluding carboxylic acids is 1. The van der Waals surface area contributed by atoms with Crippen molar-refractivity contribution in [3.8, 4) is 0 Å². The van der Waals surface area contributed by atoms with Crippen molar-refractivity contribution in [3.63, 3.8) is 0 Å². The molecule has 1 fully saturated rings. The monoisotopic (exact) mass is 316 g/mol. The van der Waals surface area contributed by atoms with E-state index in [-0.39, 0.29) is 0 Å². The number of hydrogen-bond donors (Lipinski definition) is 0. The molecule has 1 aliphatic heterocycles. The Morgan fingerprint density at radius 2 is 1.88 bits per heavy atom. The van der Waals surface area contributed by atoms with Gasteiger partial charge >= 0.3 is 6.18 Å². The maximum atomic E-state index is 12.1. The first-order chi connectivity index (χ1) is 7.92. The second-order valence-electron chi connectivity index (χ2n) is 4.06. The molecule has 1 saturated heterocycles. The van der Waals surface area contributed by atoms with E-state index in [0.717, 1.165) is 24.8 Å². The average Bonchev–Trinajstić information content (AvgIpc) is 2.41. The molecular formula is C10H16BrF3N2O. The van der Waals surface area contributed by atoms with Gasteiger partial charge in [-0.1, -0.05) is 15.9 Å². The van der Waals surface area contributed by atoms with Crippen molar-refractivity contribution in [3.05, 3.63) is 0 Å². The SMILES string of the molecule is O=C(CC(F)(F)F)N1CCCN(CCBr)CC1. The number of hydrogen-bond acceptors (Lipinski definition) is 2. The zero-order valence-corrected chi connectivity index (χ0v) is 11.1. The second kappa shape index (κ2) is 6.58. The Hall–Kier alpha value is -0.300. The van der Waals surface area contributed by atoms with Crippen molar-refractivity contribution in [2.45, 2.75) is 19.0 Å². The number of amides is 1. The summed E-state index contributed by atoms with van der Waals surface area (Å²) in [5, 5.41) is 0.837. The molecule has 0 N–H and O–H groups in total. The zero-order chi connectivity index (χ0) is 12.9. The molecule has 1 heterocycles. The van der Waals surface area contributed by atoms with E-state index in [9.17, 15) is 18.0 Å². The van der Waals surface area contributed by atoms with Crippen molar-refractivity contribution < 1.29 is 18.0 Å². The summed E-state index contributed by atoms with van der Waals surface area (Å²) in [6, 6.07) is 0. The van der Waals surface area contributed by atoms with Crippen molar-refractivity contribution >= 4 is 21.8 Å². The van der Waals surface area contributed by atoms with Crippen LogP contribution in [0.3, 0.4) is 0 Å². The molecule has 7 heteroatoms. The van der Waals surface area contributed by atoms with E-state index in [2.05, 4.69) is 20.8 Å². The Kier molecular flexibility index (Phi) is 5.72. The number of alkyl halides is 4. The van der Waals surface area contributed by atoms with E-state index in [4.69, 9.17) is 0 Å². The predicted octanol–water partition coefficient (Wildman–Crippen LogP) is 1.87. The molecule has 1 rings (SSSR count). The summed E-state index contributed by atoms with van der Waals surface area (Å²) in [5.74, 6) is -0.807. The summed E-state index contributed by atoms with van der Waals surface area (Å²) in [4.78, 5) is 14.9. The molecule has 0 aliphatic carbocycles. The number of nitrogens with zero attached hydrogens (tertiary/aromatic N) is 2. The van der Waals surface area contributed by atoms with E-state index in [1.807, 2.05) is 0 Å². The minimum Gasteiger partial charge on any atom is -0.341 e. The molecule has 100 valence electrons. The van der Waals surface area contributed by atoms with Crippen molar-refractivity contribution in [2.24, 2.45) is 0 Å². The van der Waals surface area contributed by atoms with Gasteiger partial charge in [0, 0.05) is 31.5 Å². The van der Waals surface area contributed by atoms with Gasteiger partial charge in [0.15, 0.2) is 0 Å². The van der Waals surface area contributed by atoms with Gasteiger partial charge in [-0.05, 0) is 13.0 Å². The fourth-order valence-corrected chi connectivity index (χ4v) is 2.35. The van der Waals surface area contributed by atoms with Crippen LogP contribution in [-0.4, -0.2) is 59.9 Å². The average molecular weight is 317 g/mol. The van der Waals surface area contributed by atoms with Crippen LogP contribution in [0.5, 0.6) is 0 Å². The molecule has 0 unspecified atom stereocenters. The van der Waals surface area contributed by atoms with Gasteiger partial charge in [0.25, 0.3) is 0 Å². The van der Waals surface area contributed by atoms with Crippen LogP contribution in [0.4, 0.5) is 13.2 Å². The third-order valence-corrected chi connectivity index (χ3v) is 3.05. The number of carbonyl (C=O) groups is 1. The minimum absolute atomic E-state index is 0.391. The van der Waals surface area contributed by atoms with Gasteiger partial charge in [0.2, 0.25) is 5.91 Å². The van der Waals surface area contributed by atoms with Gasteiger partial charge in [0.05, 0.1) is 0 Å². The fourth-order valence-electron chi connectivity index (χ4n) is 1.85. The first-order valence-electron chi connectivity index (χ1n) is 5.55. The quantitative estimate of drug-likeness (QED) is 0.742. The van der Waals surface area contributed by atoms with Crippen LogP contribution in [0.15, 0.2) is 0 Å². The Balaban J connectivity index is 2.43. The van der Waals surface area contributed by atoms with E-state index in [1.165, 1.54) is 4.90 Å². The second-order valence-corrected chi connectivity index (χ2v) is 4.85. The molecule has 0 radical (unpaired) electrons. The molecule has 0 saturated carbocycles. The Bertz CT molecular complexity index is 260. The molecule has 17 heavy (non-hydrogen) atoms. The van der Waals surface area contributed by atoms with Crippen LogP contribution < -0.4 is 0 Å². The van der Waals surface area contributed by atoms with Gasteiger partial charge in [-0.2, -0.15) is 13.2 Å². The van der Waals surface area contributed by atoms with E-state index < -0.39 is 18.5 Å². The van der Waals surface area contributed by atoms with Gasteiger partial charge in [-0.15, -0.1) is 0 Å². The lowest BCUT2D eigenvalue weighted by atomic mass is 10.3.